The highest BCUT2D eigenvalue weighted by atomic mass is 32.1. The van der Waals surface area contributed by atoms with Gasteiger partial charge in [-0.05, 0) is 108 Å². The Labute approximate surface area is 235 Å². The average molecular weight is 543 g/mol. The van der Waals surface area contributed by atoms with Gasteiger partial charge < -0.3 is 22.5 Å². The molecule has 6 rings (SSSR count). The highest BCUT2D eigenvalue weighted by Gasteiger charge is 2.17. The second-order valence-corrected chi connectivity index (χ2v) is 10.4. The number of thiazole rings is 1. The summed E-state index contributed by atoms with van der Waals surface area (Å²) in [5, 5.41) is 3.77. The topological polar surface area (TPSA) is 123 Å². The number of aromatic nitrogens is 1. The Hall–Kier alpha value is -5.34. The van der Waals surface area contributed by atoms with Gasteiger partial charge in [-0.2, -0.15) is 0 Å². The molecule has 0 saturated heterocycles. The number of rotatable bonds is 6. The molecule has 1 heterocycles. The van der Waals surface area contributed by atoms with Crippen LogP contribution in [0, 0.1) is 0 Å². The summed E-state index contributed by atoms with van der Waals surface area (Å²) in [6.07, 6.45) is 0. The second-order valence-electron chi connectivity index (χ2n) is 9.35. The minimum absolute atomic E-state index is 0.182. The molecule has 0 aliphatic heterocycles. The van der Waals surface area contributed by atoms with Gasteiger partial charge in [-0.1, -0.05) is 29.5 Å². The predicted octanol–water partition coefficient (Wildman–Crippen LogP) is 7.43. The Morgan fingerprint density at radius 2 is 1.18 bits per heavy atom. The van der Waals surface area contributed by atoms with Gasteiger partial charge in [-0.15, -0.1) is 0 Å². The molecule has 0 bridgehead atoms. The molecule has 7 N–H and O–H groups in total. The van der Waals surface area contributed by atoms with Crippen molar-refractivity contribution in [2.24, 2.45) is 0 Å². The number of anilines is 7. The number of fused-ring (bicyclic) bond motifs is 1. The molecular formula is C32H26N6OS. The van der Waals surface area contributed by atoms with Gasteiger partial charge in [0.2, 0.25) is 0 Å². The molecule has 0 aliphatic rings. The van der Waals surface area contributed by atoms with Crippen LogP contribution in [0.4, 0.5) is 39.3 Å². The SMILES string of the molecule is Nc1ccc(C(=O)Nc2ccc(-c3ccc4nc(N(c5ccc(N)cc5)c5ccc(N)cc5)sc4c3)cc2)cc1. The Balaban J connectivity index is 1.28. The Morgan fingerprint density at radius 1 is 0.650 bits per heavy atom. The van der Waals surface area contributed by atoms with Crippen LogP contribution in [-0.4, -0.2) is 10.9 Å². The maximum Gasteiger partial charge on any atom is 0.255 e. The third-order valence-electron chi connectivity index (χ3n) is 6.52. The van der Waals surface area contributed by atoms with E-state index in [1.54, 1.807) is 35.6 Å². The first-order valence-corrected chi connectivity index (χ1v) is 13.4. The first-order valence-electron chi connectivity index (χ1n) is 12.6. The summed E-state index contributed by atoms with van der Waals surface area (Å²) in [6.45, 7) is 0. The minimum Gasteiger partial charge on any atom is -0.399 e. The number of hydrogen-bond acceptors (Lipinski definition) is 7. The number of carbonyl (C=O) groups excluding carboxylic acids is 1. The lowest BCUT2D eigenvalue weighted by Crippen LogP contribution is -2.11. The van der Waals surface area contributed by atoms with Crippen LogP contribution in [0.2, 0.25) is 0 Å². The fraction of sp³-hybridized carbons (Fsp3) is 0. The van der Waals surface area contributed by atoms with Crippen LogP contribution in [0.5, 0.6) is 0 Å². The smallest absolute Gasteiger partial charge is 0.255 e. The molecule has 1 aromatic heterocycles. The molecule has 5 aromatic carbocycles. The van der Waals surface area contributed by atoms with Crippen LogP contribution >= 0.6 is 11.3 Å². The monoisotopic (exact) mass is 542 g/mol. The summed E-state index contributed by atoms with van der Waals surface area (Å²) in [6, 6.07) is 36.3. The fourth-order valence-electron chi connectivity index (χ4n) is 4.39. The number of hydrogen-bond donors (Lipinski definition) is 4. The number of benzene rings is 5. The largest absolute Gasteiger partial charge is 0.399 e. The molecule has 0 spiro atoms. The van der Waals surface area contributed by atoms with Gasteiger partial charge in [0.05, 0.1) is 10.2 Å². The normalized spacial score (nSPS) is 10.9. The van der Waals surface area contributed by atoms with E-state index in [9.17, 15) is 4.79 Å². The van der Waals surface area contributed by atoms with Gasteiger partial charge in [-0.25, -0.2) is 4.98 Å². The molecule has 0 fully saturated rings. The number of nitrogens with zero attached hydrogens (tertiary/aromatic N) is 2. The summed E-state index contributed by atoms with van der Waals surface area (Å²) in [7, 11) is 0. The van der Waals surface area contributed by atoms with Crippen molar-refractivity contribution in [2.75, 3.05) is 27.4 Å². The lowest BCUT2D eigenvalue weighted by atomic mass is 10.1. The predicted molar refractivity (Wildman–Crippen MR) is 167 cm³/mol. The van der Waals surface area contributed by atoms with Crippen molar-refractivity contribution in [3.8, 4) is 11.1 Å². The molecule has 7 nitrogen and oxygen atoms in total. The highest BCUT2D eigenvalue weighted by molar-refractivity contribution is 7.22. The Kier molecular flexibility index (Phi) is 6.51. The van der Waals surface area contributed by atoms with Crippen LogP contribution in [0.25, 0.3) is 21.3 Å². The van der Waals surface area contributed by atoms with Gasteiger partial charge in [-0.3, -0.25) is 9.69 Å². The third kappa shape index (κ3) is 5.16. The fourth-order valence-corrected chi connectivity index (χ4v) is 5.44. The molecule has 40 heavy (non-hydrogen) atoms. The van der Waals surface area contributed by atoms with E-state index in [0.717, 1.165) is 43.5 Å². The zero-order valence-corrected chi connectivity index (χ0v) is 22.2. The lowest BCUT2D eigenvalue weighted by molar-refractivity contribution is 0.102. The summed E-state index contributed by atoms with van der Waals surface area (Å²) >= 11 is 1.61. The maximum atomic E-state index is 12.5. The van der Waals surface area contributed by atoms with Crippen molar-refractivity contribution in [2.45, 2.75) is 0 Å². The maximum absolute atomic E-state index is 12.5. The molecular weight excluding hydrogens is 516 g/mol. The van der Waals surface area contributed by atoms with Crippen molar-refractivity contribution in [1.82, 2.24) is 4.98 Å². The van der Waals surface area contributed by atoms with Crippen LogP contribution in [0.1, 0.15) is 10.4 Å². The average Bonchev–Trinajstić information content (AvgIpc) is 3.39. The van der Waals surface area contributed by atoms with E-state index in [-0.39, 0.29) is 5.91 Å². The standard InChI is InChI=1S/C32H26N6OS/c33-23-6-1-21(2-7-23)31(39)36-26-12-3-20(4-13-26)22-5-18-29-30(19-22)40-32(37-29)38(27-14-8-24(34)9-15-27)28-16-10-25(35)11-17-28/h1-19H,33-35H2,(H,36,39). The van der Waals surface area contributed by atoms with Crippen molar-refractivity contribution < 1.29 is 4.79 Å². The van der Waals surface area contributed by atoms with E-state index in [1.807, 2.05) is 78.9 Å². The van der Waals surface area contributed by atoms with Crippen LogP contribution < -0.4 is 27.4 Å². The minimum atomic E-state index is -0.182. The first kappa shape index (κ1) is 25.0. The van der Waals surface area contributed by atoms with E-state index in [1.165, 1.54) is 0 Å². The molecule has 0 radical (unpaired) electrons. The van der Waals surface area contributed by atoms with Crippen LogP contribution in [-0.2, 0) is 0 Å². The van der Waals surface area contributed by atoms with Gasteiger partial charge in [0.15, 0.2) is 5.13 Å². The molecule has 0 aliphatic carbocycles. The van der Waals surface area contributed by atoms with Crippen molar-refractivity contribution in [3.63, 3.8) is 0 Å². The van der Waals surface area contributed by atoms with E-state index in [4.69, 9.17) is 22.2 Å². The number of nitrogen functional groups attached to an aromatic ring is 3. The molecule has 196 valence electrons. The van der Waals surface area contributed by atoms with Gasteiger partial charge in [0.1, 0.15) is 0 Å². The van der Waals surface area contributed by atoms with E-state index < -0.39 is 0 Å². The number of nitrogens with one attached hydrogen (secondary N) is 1. The second kappa shape index (κ2) is 10.4. The number of nitrogens with two attached hydrogens (primary N) is 3. The highest BCUT2D eigenvalue weighted by Crippen LogP contribution is 2.40. The van der Waals surface area contributed by atoms with Crippen molar-refractivity contribution in [3.05, 3.63) is 121 Å². The van der Waals surface area contributed by atoms with Gasteiger partial charge >= 0.3 is 0 Å². The summed E-state index contributed by atoms with van der Waals surface area (Å²) in [5.74, 6) is -0.182. The summed E-state index contributed by atoms with van der Waals surface area (Å²) < 4.78 is 1.06. The third-order valence-corrected chi connectivity index (χ3v) is 7.52. The quantitative estimate of drug-likeness (QED) is 0.162. The lowest BCUT2D eigenvalue weighted by Gasteiger charge is -2.22. The van der Waals surface area contributed by atoms with Crippen LogP contribution in [0.3, 0.4) is 0 Å². The van der Waals surface area contributed by atoms with E-state index in [2.05, 4.69) is 22.3 Å². The molecule has 0 atom stereocenters. The number of carbonyl (C=O) groups is 1. The Bertz CT molecular complexity index is 1750. The van der Waals surface area contributed by atoms with Crippen LogP contribution in [0.15, 0.2) is 115 Å². The van der Waals surface area contributed by atoms with Crippen molar-refractivity contribution in [1.29, 1.82) is 0 Å². The molecule has 1 amide bonds. The molecule has 0 unspecified atom stereocenters. The van der Waals surface area contributed by atoms with Gasteiger partial charge in [0, 0.05) is 39.7 Å². The number of amides is 1. The zero-order valence-electron chi connectivity index (χ0n) is 21.4. The molecule has 0 saturated carbocycles. The Morgan fingerprint density at radius 3 is 1.75 bits per heavy atom. The zero-order chi connectivity index (χ0) is 27.6. The molecule has 6 aromatic rings. The summed E-state index contributed by atoms with van der Waals surface area (Å²) in [4.78, 5) is 19.6. The molecule has 8 heteroatoms. The first-order chi connectivity index (χ1) is 19.4. The van der Waals surface area contributed by atoms with E-state index in [0.29, 0.717) is 22.6 Å². The van der Waals surface area contributed by atoms with E-state index >= 15 is 0 Å². The van der Waals surface area contributed by atoms with Gasteiger partial charge in [0.25, 0.3) is 5.91 Å². The van der Waals surface area contributed by atoms with Crippen molar-refractivity contribution >= 4 is 66.7 Å². The summed E-state index contributed by atoms with van der Waals surface area (Å²) in [5.41, 5.74) is 25.8.